The lowest BCUT2D eigenvalue weighted by Gasteiger charge is -2.45. The van der Waals surface area contributed by atoms with Crippen LogP contribution in [0.4, 0.5) is 0 Å². The first kappa shape index (κ1) is 12.9. The number of rotatable bonds is 3. The molecule has 1 saturated carbocycles. The summed E-state index contributed by atoms with van der Waals surface area (Å²) < 4.78 is 0. The Morgan fingerprint density at radius 2 is 1.72 bits per heavy atom. The van der Waals surface area contributed by atoms with Gasteiger partial charge in [0.2, 0.25) is 0 Å². The highest BCUT2D eigenvalue weighted by Gasteiger charge is 2.36. The molecule has 3 fully saturated rings. The molecule has 2 aliphatic heterocycles. The van der Waals surface area contributed by atoms with Crippen molar-refractivity contribution in [1.29, 1.82) is 0 Å². The number of likely N-dealkylation sites (tertiary alicyclic amines) is 1. The Bertz CT molecular complexity index is 256. The van der Waals surface area contributed by atoms with Gasteiger partial charge in [0, 0.05) is 6.54 Å². The monoisotopic (exact) mass is 250 g/mol. The first-order valence-electron chi connectivity index (χ1n) is 8.21. The van der Waals surface area contributed by atoms with Gasteiger partial charge >= 0.3 is 0 Å². The third-order valence-electron chi connectivity index (χ3n) is 5.99. The fourth-order valence-electron chi connectivity index (χ4n) is 4.28. The van der Waals surface area contributed by atoms with Gasteiger partial charge in [0.05, 0.1) is 0 Å². The zero-order valence-corrected chi connectivity index (χ0v) is 12.1. The minimum Gasteiger partial charge on any atom is -0.316 e. The number of nitrogens with one attached hydrogen (secondary N) is 1. The molecule has 0 aromatic carbocycles. The van der Waals surface area contributed by atoms with Crippen LogP contribution in [0.3, 0.4) is 0 Å². The highest BCUT2D eigenvalue weighted by Crippen LogP contribution is 2.44. The van der Waals surface area contributed by atoms with Crippen LogP contribution in [0.5, 0.6) is 0 Å². The average Bonchev–Trinajstić information content (AvgIpc) is 2.31. The minimum absolute atomic E-state index is 0.774. The van der Waals surface area contributed by atoms with E-state index < -0.39 is 0 Å². The van der Waals surface area contributed by atoms with Crippen LogP contribution < -0.4 is 5.32 Å². The number of nitrogens with zero attached hydrogens (tertiary/aromatic N) is 1. The second-order valence-corrected chi connectivity index (χ2v) is 7.26. The molecule has 0 aromatic heterocycles. The molecule has 2 nitrogen and oxygen atoms in total. The molecule has 0 radical (unpaired) electrons. The molecule has 3 aliphatic rings. The van der Waals surface area contributed by atoms with E-state index in [2.05, 4.69) is 17.1 Å². The zero-order valence-electron chi connectivity index (χ0n) is 12.1. The number of hydrogen-bond acceptors (Lipinski definition) is 2. The molecular weight excluding hydrogens is 220 g/mol. The molecule has 104 valence electrons. The van der Waals surface area contributed by atoms with E-state index in [1.54, 1.807) is 0 Å². The van der Waals surface area contributed by atoms with Crippen molar-refractivity contribution in [3.8, 4) is 0 Å². The Balaban J connectivity index is 1.44. The van der Waals surface area contributed by atoms with Gasteiger partial charge in [0.1, 0.15) is 0 Å². The molecule has 2 heterocycles. The maximum atomic E-state index is 3.41. The Kier molecular flexibility index (Phi) is 3.95. The van der Waals surface area contributed by atoms with Gasteiger partial charge in [-0.2, -0.15) is 0 Å². The summed E-state index contributed by atoms with van der Waals surface area (Å²) in [6, 6.07) is 0. The molecule has 1 aliphatic carbocycles. The standard InChI is InChI=1S/C16H30N2/c1-14(15-11-17-12-15)13-18-9-7-16(8-10-18)5-3-2-4-6-16/h14-15,17H,2-13H2,1H3. The summed E-state index contributed by atoms with van der Waals surface area (Å²) in [5.74, 6) is 1.85. The van der Waals surface area contributed by atoms with E-state index in [1.165, 1.54) is 77.7 Å². The first-order valence-corrected chi connectivity index (χ1v) is 8.21. The van der Waals surface area contributed by atoms with Crippen LogP contribution >= 0.6 is 0 Å². The Morgan fingerprint density at radius 1 is 1.06 bits per heavy atom. The summed E-state index contributed by atoms with van der Waals surface area (Å²) in [5, 5.41) is 3.41. The molecule has 2 heteroatoms. The second-order valence-electron chi connectivity index (χ2n) is 7.26. The van der Waals surface area contributed by atoms with Crippen LogP contribution in [0.1, 0.15) is 51.9 Å². The van der Waals surface area contributed by atoms with Gasteiger partial charge in [-0.1, -0.05) is 26.2 Å². The van der Waals surface area contributed by atoms with Gasteiger partial charge in [0.25, 0.3) is 0 Å². The fourth-order valence-corrected chi connectivity index (χ4v) is 4.28. The van der Waals surface area contributed by atoms with Crippen molar-refractivity contribution in [2.45, 2.75) is 51.9 Å². The summed E-state index contributed by atoms with van der Waals surface area (Å²) in [6.07, 6.45) is 10.5. The molecule has 18 heavy (non-hydrogen) atoms. The van der Waals surface area contributed by atoms with E-state index in [-0.39, 0.29) is 0 Å². The van der Waals surface area contributed by atoms with Crippen molar-refractivity contribution in [1.82, 2.24) is 10.2 Å². The number of hydrogen-bond donors (Lipinski definition) is 1. The van der Waals surface area contributed by atoms with E-state index in [9.17, 15) is 0 Å². The third-order valence-corrected chi connectivity index (χ3v) is 5.99. The van der Waals surface area contributed by atoms with Crippen molar-refractivity contribution in [3.63, 3.8) is 0 Å². The summed E-state index contributed by atoms with van der Waals surface area (Å²) in [5.41, 5.74) is 0.774. The largest absolute Gasteiger partial charge is 0.316 e. The minimum atomic E-state index is 0.774. The second kappa shape index (κ2) is 5.50. The first-order chi connectivity index (χ1) is 8.77. The van der Waals surface area contributed by atoms with Crippen LogP contribution in [0.15, 0.2) is 0 Å². The van der Waals surface area contributed by atoms with Gasteiger partial charge < -0.3 is 10.2 Å². The van der Waals surface area contributed by atoms with Gasteiger partial charge in [-0.15, -0.1) is 0 Å². The lowest BCUT2D eigenvalue weighted by atomic mass is 9.68. The van der Waals surface area contributed by atoms with Crippen LogP contribution in [0.25, 0.3) is 0 Å². The summed E-state index contributed by atoms with van der Waals surface area (Å²) in [4.78, 5) is 2.75. The lowest BCUT2D eigenvalue weighted by molar-refractivity contribution is 0.0520. The Labute approximate surface area is 113 Å². The molecular formula is C16H30N2. The summed E-state index contributed by atoms with van der Waals surface area (Å²) in [7, 11) is 0. The van der Waals surface area contributed by atoms with Crippen LogP contribution in [-0.2, 0) is 0 Å². The molecule has 0 aromatic rings. The molecule has 1 spiro atoms. The molecule has 1 N–H and O–H groups in total. The fraction of sp³-hybridized carbons (Fsp3) is 1.00. The average molecular weight is 250 g/mol. The highest BCUT2D eigenvalue weighted by molar-refractivity contribution is 4.89. The van der Waals surface area contributed by atoms with Crippen molar-refractivity contribution in [2.24, 2.45) is 17.3 Å². The van der Waals surface area contributed by atoms with Gasteiger partial charge in [-0.25, -0.2) is 0 Å². The van der Waals surface area contributed by atoms with Crippen LogP contribution in [0, 0.1) is 17.3 Å². The number of piperidine rings is 1. The predicted molar refractivity (Wildman–Crippen MR) is 76.7 cm³/mol. The maximum absolute atomic E-state index is 3.41. The van der Waals surface area contributed by atoms with Crippen molar-refractivity contribution < 1.29 is 0 Å². The van der Waals surface area contributed by atoms with Crippen LogP contribution in [-0.4, -0.2) is 37.6 Å². The Morgan fingerprint density at radius 3 is 2.28 bits per heavy atom. The SMILES string of the molecule is CC(CN1CCC2(CCCCC2)CC1)C1CNC1. The van der Waals surface area contributed by atoms with E-state index in [0.29, 0.717) is 0 Å². The van der Waals surface area contributed by atoms with E-state index in [1.807, 2.05) is 0 Å². The van der Waals surface area contributed by atoms with Gasteiger partial charge in [-0.3, -0.25) is 0 Å². The molecule has 0 amide bonds. The molecule has 1 unspecified atom stereocenters. The summed E-state index contributed by atoms with van der Waals surface area (Å²) >= 11 is 0. The lowest BCUT2D eigenvalue weighted by Crippen LogP contribution is -2.50. The highest BCUT2D eigenvalue weighted by atomic mass is 15.1. The van der Waals surface area contributed by atoms with Gasteiger partial charge in [0.15, 0.2) is 0 Å². The molecule has 0 bridgehead atoms. The summed E-state index contributed by atoms with van der Waals surface area (Å²) in [6.45, 7) is 9.09. The normalized spacial score (nSPS) is 31.2. The zero-order chi connectivity index (χ0) is 12.4. The van der Waals surface area contributed by atoms with Crippen molar-refractivity contribution >= 4 is 0 Å². The van der Waals surface area contributed by atoms with Crippen molar-refractivity contribution in [2.75, 3.05) is 32.7 Å². The quantitative estimate of drug-likeness (QED) is 0.828. The van der Waals surface area contributed by atoms with Gasteiger partial charge in [-0.05, 0) is 69.1 Å². The van der Waals surface area contributed by atoms with E-state index >= 15 is 0 Å². The van der Waals surface area contributed by atoms with E-state index in [0.717, 1.165) is 17.3 Å². The van der Waals surface area contributed by atoms with E-state index in [4.69, 9.17) is 0 Å². The molecule has 2 saturated heterocycles. The third kappa shape index (κ3) is 2.75. The smallest absolute Gasteiger partial charge is 0.00106 e. The maximum Gasteiger partial charge on any atom is 0.00106 e. The van der Waals surface area contributed by atoms with Crippen molar-refractivity contribution in [3.05, 3.63) is 0 Å². The Hall–Kier alpha value is -0.0800. The molecule has 3 rings (SSSR count). The van der Waals surface area contributed by atoms with Crippen LogP contribution in [0.2, 0.25) is 0 Å². The molecule has 1 atom stereocenters. The predicted octanol–water partition coefficient (Wildman–Crippen LogP) is 2.89. The topological polar surface area (TPSA) is 15.3 Å².